The molecule has 0 aromatic heterocycles. The van der Waals surface area contributed by atoms with Crippen LogP contribution in [0, 0.1) is 0 Å². The van der Waals surface area contributed by atoms with E-state index >= 15 is 0 Å². The lowest BCUT2D eigenvalue weighted by atomic mass is 10.0. The number of hydrogen-bond acceptors (Lipinski definition) is 2. The Hall–Kier alpha value is -0.570. The van der Waals surface area contributed by atoms with Crippen LogP contribution in [0.5, 0.6) is 0 Å². The highest BCUT2D eigenvalue weighted by Gasteiger charge is 2.11. The van der Waals surface area contributed by atoms with Crippen LogP contribution in [0.25, 0.3) is 0 Å². The van der Waals surface area contributed by atoms with Crippen molar-refractivity contribution in [3.8, 4) is 0 Å². The third-order valence-corrected chi connectivity index (χ3v) is 2.98. The van der Waals surface area contributed by atoms with Gasteiger partial charge < -0.3 is 10.4 Å². The second-order valence-electron chi connectivity index (χ2n) is 4.09. The number of aliphatic hydroxyl groups excluding tert-OH is 1. The lowest BCUT2D eigenvalue weighted by Gasteiger charge is -2.22. The summed E-state index contributed by atoms with van der Waals surface area (Å²) >= 11 is 5.86. The van der Waals surface area contributed by atoms with Crippen LogP contribution in [-0.2, 0) is 0 Å². The molecular formula is C13H20ClNO. The summed E-state index contributed by atoms with van der Waals surface area (Å²) in [5.74, 6) is 0. The molecular weight excluding hydrogens is 222 g/mol. The summed E-state index contributed by atoms with van der Waals surface area (Å²) in [6.07, 6.45) is 1.81. The molecule has 0 bridgehead atoms. The third kappa shape index (κ3) is 4.12. The highest BCUT2D eigenvalue weighted by atomic mass is 35.5. The first kappa shape index (κ1) is 13.5. The van der Waals surface area contributed by atoms with Gasteiger partial charge in [-0.05, 0) is 37.5 Å². The Morgan fingerprint density at radius 2 is 1.94 bits per heavy atom. The molecule has 1 aromatic carbocycles. The van der Waals surface area contributed by atoms with Gasteiger partial charge in [0.1, 0.15) is 0 Å². The summed E-state index contributed by atoms with van der Waals surface area (Å²) in [4.78, 5) is 0. The van der Waals surface area contributed by atoms with Crippen molar-refractivity contribution in [3.63, 3.8) is 0 Å². The Morgan fingerprint density at radius 1 is 1.31 bits per heavy atom. The Bertz CT molecular complexity index is 299. The van der Waals surface area contributed by atoms with Crippen LogP contribution in [0.4, 0.5) is 0 Å². The Balaban J connectivity index is 2.63. The van der Waals surface area contributed by atoms with Gasteiger partial charge in [-0.15, -0.1) is 0 Å². The Morgan fingerprint density at radius 3 is 2.44 bits per heavy atom. The van der Waals surface area contributed by atoms with E-state index in [9.17, 15) is 0 Å². The minimum Gasteiger partial charge on any atom is -0.396 e. The Labute approximate surface area is 103 Å². The molecule has 90 valence electrons. The van der Waals surface area contributed by atoms with Gasteiger partial charge in [-0.2, -0.15) is 0 Å². The van der Waals surface area contributed by atoms with Crippen molar-refractivity contribution in [1.29, 1.82) is 0 Å². The number of hydrogen-bond donors (Lipinski definition) is 2. The molecule has 0 amide bonds. The number of halogens is 1. The van der Waals surface area contributed by atoms with Crippen molar-refractivity contribution in [2.75, 3.05) is 6.61 Å². The van der Waals surface area contributed by atoms with E-state index in [-0.39, 0.29) is 6.61 Å². The zero-order chi connectivity index (χ0) is 12.0. The molecule has 0 heterocycles. The standard InChI is InChI=1S/C13H20ClNO/c1-3-13(15-10(2)8-9-16)11-4-6-12(14)7-5-11/h4-7,10,13,15-16H,3,8-9H2,1-2H3/t10-,13?/m1/s1. The SMILES string of the molecule is CCC(N[C@H](C)CCO)c1ccc(Cl)cc1. The van der Waals surface area contributed by atoms with E-state index in [0.29, 0.717) is 12.1 Å². The van der Waals surface area contributed by atoms with Gasteiger partial charge >= 0.3 is 0 Å². The highest BCUT2D eigenvalue weighted by Crippen LogP contribution is 2.19. The fraction of sp³-hybridized carbons (Fsp3) is 0.538. The topological polar surface area (TPSA) is 32.3 Å². The molecule has 0 spiro atoms. The molecule has 0 radical (unpaired) electrons. The summed E-state index contributed by atoms with van der Waals surface area (Å²) in [5.41, 5.74) is 1.25. The molecule has 0 aliphatic rings. The Kier molecular flexibility index (Phi) is 5.81. The zero-order valence-corrected chi connectivity index (χ0v) is 10.7. The van der Waals surface area contributed by atoms with Crippen LogP contribution in [0.2, 0.25) is 5.02 Å². The molecule has 0 saturated carbocycles. The van der Waals surface area contributed by atoms with Gasteiger partial charge in [0.15, 0.2) is 0 Å². The van der Waals surface area contributed by atoms with Crippen LogP contribution in [-0.4, -0.2) is 17.8 Å². The van der Waals surface area contributed by atoms with Gasteiger partial charge in [-0.3, -0.25) is 0 Å². The summed E-state index contributed by atoms with van der Waals surface area (Å²) in [5, 5.41) is 13.1. The van der Waals surface area contributed by atoms with E-state index < -0.39 is 0 Å². The number of nitrogens with one attached hydrogen (secondary N) is 1. The molecule has 0 aliphatic heterocycles. The highest BCUT2D eigenvalue weighted by molar-refractivity contribution is 6.30. The van der Waals surface area contributed by atoms with Gasteiger partial charge in [-0.1, -0.05) is 30.7 Å². The van der Waals surface area contributed by atoms with Crippen molar-refractivity contribution in [2.45, 2.75) is 38.8 Å². The minimum atomic E-state index is 0.227. The molecule has 0 aliphatic carbocycles. The second-order valence-corrected chi connectivity index (χ2v) is 4.53. The first-order valence-corrected chi connectivity index (χ1v) is 6.17. The lowest BCUT2D eigenvalue weighted by Crippen LogP contribution is -2.30. The average molecular weight is 242 g/mol. The molecule has 1 aromatic rings. The number of benzene rings is 1. The summed E-state index contributed by atoms with van der Waals surface area (Å²) in [6.45, 7) is 4.47. The largest absolute Gasteiger partial charge is 0.396 e. The van der Waals surface area contributed by atoms with E-state index in [4.69, 9.17) is 16.7 Å². The quantitative estimate of drug-likeness (QED) is 0.802. The minimum absolute atomic E-state index is 0.227. The van der Waals surface area contributed by atoms with E-state index in [2.05, 4.69) is 31.3 Å². The smallest absolute Gasteiger partial charge is 0.0445 e. The summed E-state index contributed by atoms with van der Waals surface area (Å²) in [7, 11) is 0. The van der Waals surface area contributed by atoms with Crippen molar-refractivity contribution >= 4 is 11.6 Å². The molecule has 0 saturated heterocycles. The van der Waals surface area contributed by atoms with Crippen molar-refractivity contribution in [2.24, 2.45) is 0 Å². The molecule has 2 nitrogen and oxygen atoms in total. The van der Waals surface area contributed by atoms with Gasteiger partial charge in [0.05, 0.1) is 0 Å². The van der Waals surface area contributed by atoms with Gasteiger partial charge in [0, 0.05) is 23.7 Å². The van der Waals surface area contributed by atoms with Gasteiger partial charge in [0.2, 0.25) is 0 Å². The van der Waals surface area contributed by atoms with Gasteiger partial charge in [0.25, 0.3) is 0 Å². The van der Waals surface area contributed by atoms with Crippen LogP contribution >= 0.6 is 11.6 Å². The van der Waals surface area contributed by atoms with Crippen LogP contribution in [0.15, 0.2) is 24.3 Å². The fourth-order valence-electron chi connectivity index (χ4n) is 1.77. The molecule has 2 N–H and O–H groups in total. The van der Waals surface area contributed by atoms with E-state index in [0.717, 1.165) is 17.9 Å². The maximum atomic E-state index is 8.87. The van der Waals surface area contributed by atoms with Crippen LogP contribution in [0.3, 0.4) is 0 Å². The normalized spacial score (nSPS) is 14.8. The first-order valence-electron chi connectivity index (χ1n) is 5.79. The second kappa shape index (κ2) is 6.89. The van der Waals surface area contributed by atoms with E-state index in [1.54, 1.807) is 0 Å². The van der Waals surface area contributed by atoms with E-state index in [1.807, 2.05) is 12.1 Å². The molecule has 1 unspecified atom stereocenters. The zero-order valence-electron chi connectivity index (χ0n) is 9.91. The van der Waals surface area contributed by atoms with Crippen LogP contribution < -0.4 is 5.32 Å². The molecule has 2 atom stereocenters. The molecule has 1 rings (SSSR count). The summed E-state index contributed by atoms with van der Waals surface area (Å²) in [6, 6.07) is 8.59. The third-order valence-electron chi connectivity index (χ3n) is 2.73. The van der Waals surface area contributed by atoms with Gasteiger partial charge in [-0.25, -0.2) is 0 Å². The maximum absolute atomic E-state index is 8.87. The predicted molar refractivity (Wildman–Crippen MR) is 68.8 cm³/mol. The molecule has 3 heteroatoms. The van der Waals surface area contributed by atoms with Crippen molar-refractivity contribution < 1.29 is 5.11 Å². The predicted octanol–water partition coefficient (Wildman–Crippen LogP) is 3.15. The summed E-state index contributed by atoms with van der Waals surface area (Å²) < 4.78 is 0. The number of aliphatic hydroxyl groups is 1. The first-order chi connectivity index (χ1) is 7.67. The van der Waals surface area contributed by atoms with E-state index in [1.165, 1.54) is 5.56 Å². The molecule has 16 heavy (non-hydrogen) atoms. The number of rotatable bonds is 6. The van der Waals surface area contributed by atoms with Crippen LogP contribution in [0.1, 0.15) is 38.3 Å². The molecule has 0 fully saturated rings. The fourth-order valence-corrected chi connectivity index (χ4v) is 1.89. The average Bonchev–Trinajstić information content (AvgIpc) is 2.27. The van der Waals surface area contributed by atoms with Crippen molar-refractivity contribution in [3.05, 3.63) is 34.9 Å². The lowest BCUT2D eigenvalue weighted by molar-refractivity contribution is 0.262. The maximum Gasteiger partial charge on any atom is 0.0445 e. The monoisotopic (exact) mass is 241 g/mol. The van der Waals surface area contributed by atoms with Crippen molar-refractivity contribution in [1.82, 2.24) is 5.32 Å².